The zero-order chi connectivity index (χ0) is 11.7. The molecule has 1 aromatic carbocycles. The number of halogens is 1. The molecule has 0 unspecified atom stereocenters. The Kier molecular flexibility index (Phi) is 2.78. The van der Waals surface area contributed by atoms with E-state index in [9.17, 15) is 4.79 Å². The van der Waals surface area contributed by atoms with Gasteiger partial charge in [-0.3, -0.25) is 9.48 Å². The molecule has 0 spiro atoms. The summed E-state index contributed by atoms with van der Waals surface area (Å²) in [5, 5.41) is 22.5. The van der Waals surface area contributed by atoms with E-state index < -0.39 is 5.97 Å². The largest absolute Gasteiger partial charge is 0.480 e. The van der Waals surface area contributed by atoms with Gasteiger partial charge < -0.3 is 5.11 Å². The van der Waals surface area contributed by atoms with Crippen molar-refractivity contribution in [1.29, 1.82) is 5.26 Å². The van der Waals surface area contributed by atoms with Crippen LogP contribution in [0, 0.1) is 15.0 Å². The molecule has 2 rings (SSSR count). The number of hydrogen-bond donors (Lipinski definition) is 1. The lowest BCUT2D eigenvalue weighted by molar-refractivity contribution is -0.137. The lowest BCUT2D eigenvalue weighted by atomic mass is 10.1. The number of carbonyl (C=O) groups is 1. The van der Waals surface area contributed by atoms with Crippen LogP contribution >= 0.6 is 22.6 Å². The number of aromatic nitrogens is 2. The van der Waals surface area contributed by atoms with Gasteiger partial charge in [0.05, 0.1) is 22.5 Å². The van der Waals surface area contributed by atoms with Gasteiger partial charge >= 0.3 is 5.97 Å². The molecule has 0 bridgehead atoms. The van der Waals surface area contributed by atoms with Crippen molar-refractivity contribution in [1.82, 2.24) is 9.78 Å². The fourth-order valence-corrected chi connectivity index (χ4v) is 2.35. The Morgan fingerprint density at radius 3 is 3.00 bits per heavy atom. The second-order valence-electron chi connectivity index (χ2n) is 3.15. The fourth-order valence-electron chi connectivity index (χ4n) is 1.52. The molecule has 0 radical (unpaired) electrons. The molecule has 0 aliphatic rings. The molecule has 6 heteroatoms. The summed E-state index contributed by atoms with van der Waals surface area (Å²) in [5.41, 5.74) is 1.18. The number of benzene rings is 1. The van der Waals surface area contributed by atoms with Crippen molar-refractivity contribution < 1.29 is 9.90 Å². The number of nitriles is 1. The van der Waals surface area contributed by atoms with Crippen LogP contribution in [0.15, 0.2) is 18.2 Å². The van der Waals surface area contributed by atoms with Crippen molar-refractivity contribution in [3.63, 3.8) is 0 Å². The first-order valence-electron chi connectivity index (χ1n) is 4.40. The van der Waals surface area contributed by atoms with Crippen LogP contribution in [0.3, 0.4) is 0 Å². The van der Waals surface area contributed by atoms with Gasteiger partial charge in [-0.1, -0.05) is 6.07 Å². The lowest BCUT2D eigenvalue weighted by Crippen LogP contribution is -2.09. The molecule has 1 N–H and O–H groups in total. The topological polar surface area (TPSA) is 78.9 Å². The van der Waals surface area contributed by atoms with E-state index in [2.05, 4.69) is 11.2 Å². The third-order valence-corrected chi connectivity index (χ3v) is 2.90. The Labute approximate surface area is 104 Å². The molecule has 0 amide bonds. The summed E-state index contributed by atoms with van der Waals surface area (Å²) in [5.74, 6) is -0.955. The number of nitrogens with zero attached hydrogens (tertiary/aromatic N) is 3. The molecule has 16 heavy (non-hydrogen) atoms. The quantitative estimate of drug-likeness (QED) is 0.850. The standard InChI is InChI=1S/C10H6IN3O2/c11-10-9-6(4-12)2-1-3-7(9)14(13-10)5-8(15)16/h1-3H,5H2,(H,15,16). The number of rotatable bonds is 2. The van der Waals surface area contributed by atoms with E-state index in [1.165, 1.54) is 4.68 Å². The number of aliphatic carboxylic acids is 1. The molecule has 0 aliphatic carbocycles. The first-order chi connectivity index (χ1) is 7.63. The van der Waals surface area contributed by atoms with Crippen LogP contribution in [0.25, 0.3) is 10.9 Å². The SMILES string of the molecule is N#Cc1cccc2c1c(I)nn2CC(=O)O. The van der Waals surface area contributed by atoms with Crippen LogP contribution in [0.1, 0.15) is 5.56 Å². The minimum Gasteiger partial charge on any atom is -0.480 e. The Morgan fingerprint density at radius 2 is 2.38 bits per heavy atom. The van der Waals surface area contributed by atoms with Crippen LogP contribution in [-0.4, -0.2) is 20.9 Å². The average molecular weight is 327 g/mol. The Bertz CT molecular complexity index is 612. The van der Waals surface area contributed by atoms with Crippen LogP contribution in [0.5, 0.6) is 0 Å². The summed E-state index contributed by atoms with van der Waals surface area (Å²) < 4.78 is 2.03. The summed E-state index contributed by atoms with van der Waals surface area (Å²) in [4.78, 5) is 10.6. The second kappa shape index (κ2) is 4.09. The highest BCUT2D eigenvalue weighted by Gasteiger charge is 2.13. The first kappa shape index (κ1) is 10.9. The molecule has 0 saturated heterocycles. The zero-order valence-electron chi connectivity index (χ0n) is 8.01. The van der Waals surface area contributed by atoms with Crippen molar-refractivity contribution in [3.05, 3.63) is 27.5 Å². The smallest absolute Gasteiger partial charge is 0.325 e. The fraction of sp³-hybridized carbons (Fsp3) is 0.100. The lowest BCUT2D eigenvalue weighted by Gasteiger charge is -1.98. The molecule has 1 heterocycles. The number of hydrogen-bond acceptors (Lipinski definition) is 3. The Morgan fingerprint density at radius 1 is 1.62 bits per heavy atom. The predicted molar refractivity (Wildman–Crippen MR) is 64.8 cm³/mol. The monoisotopic (exact) mass is 327 g/mol. The molecule has 0 aliphatic heterocycles. The highest BCUT2D eigenvalue weighted by atomic mass is 127. The van der Waals surface area contributed by atoms with Gasteiger partial charge in [0.25, 0.3) is 0 Å². The summed E-state index contributed by atoms with van der Waals surface area (Å²) >= 11 is 2.00. The van der Waals surface area contributed by atoms with Crippen molar-refractivity contribution in [2.24, 2.45) is 0 Å². The van der Waals surface area contributed by atoms with Crippen LogP contribution in [0.2, 0.25) is 0 Å². The van der Waals surface area contributed by atoms with E-state index in [0.717, 1.165) is 0 Å². The van der Waals surface area contributed by atoms with Crippen molar-refractivity contribution in [2.45, 2.75) is 6.54 Å². The molecule has 5 nitrogen and oxygen atoms in total. The normalized spacial score (nSPS) is 10.2. The van der Waals surface area contributed by atoms with E-state index in [0.29, 0.717) is 20.2 Å². The summed E-state index contributed by atoms with van der Waals surface area (Å²) in [6.07, 6.45) is 0. The van der Waals surface area contributed by atoms with E-state index in [1.54, 1.807) is 18.2 Å². The molecular weight excluding hydrogens is 321 g/mol. The second-order valence-corrected chi connectivity index (χ2v) is 4.18. The first-order valence-corrected chi connectivity index (χ1v) is 5.48. The number of carboxylic acid groups (broad SMARTS) is 1. The minimum atomic E-state index is -0.955. The number of fused-ring (bicyclic) bond motifs is 1. The maximum Gasteiger partial charge on any atom is 0.325 e. The highest BCUT2D eigenvalue weighted by Crippen LogP contribution is 2.23. The minimum absolute atomic E-state index is 0.200. The third kappa shape index (κ3) is 1.74. The van der Waals surface area contributed by atoms with Crippen molar-refractivity contribution in [2.75, 3.05) is 0 Å². The van der Waals surface area contributed by atoms with Crippen LogP contribution in [-0.2, 0) is 11.3 Å². The van der Waals surface area contributed by atoms with Gasteiger partial charge in [0, 0.05) is 0 Å². The molecule has 0 fully saturated rings. The molecule has 0 saturated carbocycles. The van der Waals surface area contributed by atoms with Gasteiger partial charge in [-0.15, -0.1) is 0 Å². The van der Waals surface area contributed by atoms with Crippen LogP contribution < -0.4 is 0 Å². The number of carboxylic acids is 1. The maximum absolute atomic E-state index is 10.6. The van der Waals surface area contributed by atoms with Gasteiger partial charge in [-0.25, -0.2) is 0 Å². The van der Waals surface area contributed by atoms with Gasteiger partial charge in [-0.2, -0.15) is 10.4 Å². The molecule has 80 valence electrons. The van der Waals surface area contributed by atoms with E-state index in [-0.39, 0.29) is 6.54 Å². The van der Waals surface area contributed by atoms with Crippen molar-refractivity contribution in [3.8, 4) is 6.07 Å². The van der Waals surface area contributed by atoms with Crippen LogP contribution in [0.4, 0.5) is 0 Å². The highest BCUT2D eigenvalue weighted by molar-refractivity contribution is 14.1. The summed E-state index contributed by atoms with van der Waals surface area (Å²) in [7, 11) is 0. The van der Waals surface area contributed by atoms with Gasteiger partial charge in [0.1, 0.15) is 10.2 Å². The molecular formula is C10H6IN3O2. The third-order valence-electron chi connectivity index (χ3n) is 2.14. The van der Waals surface area contributed by atoms with E-state index in [1.807, 2.05) is 22.6 Å². The molecule has 2 aromatic rings. The van der Waals surface area contributed by atoms with Gasteiger partial charge in [0.2, 0.25) is 0 Å². The Hall–Kier alpha value is -1.62. The van der Waals surface area contributed by atoms with Gasteiger partial charge in [-0.05, 0) is 34.7 Å². The zero-order valence-corrected chi connectivity index (χ0v) is 10.2. The molecule has 1 aromatic heterocycles. The van der Waals surface area contributed by atoms with Crippen molar-refractivity contribution >= 4 is 39.5 Å². The van der Waals surface area contributed by atoms with E-state index >= 15 is 0 Å². The van der Waals surface area contributed by atoms with Gasteiger partial charge in [0.15, 0.2) is 0 Å². The maximum atomic E-state index is 10.6. The molecule has 0 atom stereocenters. The summed E-state index contributed by atoms with van der Waals surface area (Å²) in [6, 6.07) is 7.24. The summed E-state index contributed by atoms with van der Waals surface area (Å²) in [6.45, 7) is -0.200. The average Bonchev–Trinajstić information content (AvgIpc) is 2.55. The Balaban J connectivity index is 2.72. The predicted octanol–water partition coefficient (Wildman–Crippen LogP) is 1.60. The van der Waals surface area contributed by atoms with E-state index in [4.69, 9.17) is 10.4 Å².